The average Bonchev–Trinajstić information content (AvgIpc) is 2.16. The monoisotopic (exact) mass is 277 g/mol. The molecule has 0 aliphatic rings. The lowest BCUT2D eigenvalue weighted by atomic mass is 10.5. The van der Waals surface area contributed by atoms with Gasteiger partial charge in [0.15, 0.2) is 6.29 Å². The molecule has 0 radical (unpaired) electrons. The summed E-state index contributed by atoms with van der Waals surface area (Å²) in [6.07, 6.45) is 0.989. The Morgan fingerprint density at radius 3 is 2.06 bits per heavy atom. The van der Waals surface area contributed by atoms with Gasteiger partial charge in [0.05, 0.1) is 0 Å². The summed E-state index contributed by atoms with van der Waals surface area (Å²) in [4.78, 5) is 0. The zero-order chi connectivity index (χ0) is 13.0. The second kappa shape index (κ2) is 11.6. The first-order valence-corrected chi connectivity index (χ1v) is 6.93. The van der Waals surface area contributed by atoms with Crippen molar-refractivity contribution >= 4 is 22.2 Å². The highest BCUT2D eigenvalue weighted by atomic mass is 32.3. The van der Waals surface area contributed by atoms with E-state index in [1.807, 2.05) is 0 Å². The molecule has 7 nitrogen and oxygen atoms in total. The predicted molar refractivity (Wildman–Crippen MR) is 63.0 cm³/mol. The van der Waals surface area contributed by atoms with Crippen molar-refractivity contribution < 1.29 is 27.0 Å². The Hall–Kier alpha value is 0.100. The van der Waals surface area contributed by atoms with Crippen LogP contribution in [-0.2, 0) is 19.9 Å². The number of rotatable bonds is 7. The van der Waals surface area contributed by atoms with E-state index in [-0.39, 0.29) is 6.29 Å². The summed E-state index contributed by atoms with van der Waals surface area (Å²) >= 11 is 1.81. The van der Waals surface area contributed by atoms with Gasteiger partial charge in [0.1, 0.15) is 0 Å². The molecule has 4 N–H and O–H groups in total. The molecule has 0 amide bonds. The average molecular weight is 277 g/mol. The minimum atomic E-state index is -4.67. The molecule has 0 fully saturated rings. The molecule has 0 saturated heterocycles. The molecule has 0 aliphatic carbocycles. The van der Waals surface area contributed by atoms with Crippen LogP contribution in [0, 0.1) is 0 Å². The highest BCUT2D eigenvalue weighted by Gasteiger charge is 2.03. The van der Waals surface area contributed by atoms with Crippen LogP contribution < -0.4 is 5.73 Å². The third-order valence-corrected chi connectivity index (χ3v) is 2.36. The SMILES string of the molecule is COC(CSCCCN)OC.O=S(=O)(O)O. The van der Waals surface area contributed by atoms with Crippen LogP contribution in [-0.4, -0.2) is 56.1 Å². The minimum Gasteiger partial charge on any atom is -0.355 e. The van der Waals surface area contributed by atoms with Gasteiger partial charge in [0.25, 0.3) is 0 Å². The molecule has 0 aromatic carbocycles. The fourth-order valence-electron chi connectivity index (χ4n) is 0.597. The standard InChI is InChI=1S/C7H17NO2S.H2O4S/c1-9-7(10-2)6-11-5-3-4-8;1-5(2,3)4/h7H,3-6,8H2,1-2H3;(H2,1,2,3,4). The first kappa shape index (κ1) is 18.5. The van der Waals surface area contributed by atoms with E-state index in [0.717, 1.165) is 24.5 Å². The van der Waals surface area contributed by atoms with Crippen molar-refractivity contribution in [2.75, 3.05) is 32.3 Å². The normalized spacial score (nSPS) is 11.1. The predicted octanol–water partition coefficient (Wildman–Crippen LogP) is 0.0345. The van der Waals surface area contributed by atoms with E-state index in [2.05, 4.69) is 0 Å². The van der Waals surface area contributed by atoms with Crippen molar-refractivity contribution in [3.05, 3.63) is 0 Å². The zero-order valence-corrected chi connectivity index (χ0v) is 11.0. The van der Waals surface area contributed by atoms with Crippen molar-refractivity contribution in [3.63, 3.8) is 0 Å². The highest BCUT2D eigenvalue weighted by Crippen LogP contribution is 2.06. The molecule has 9 heteroatoms. The summed E-state index contributed by atoms with van der Waals surface area (Å²) in [5, 5.41) is 0. The maximum atomic E-state index is 8.74. The van der Waals surface area contributed by atoms with Crippen LogP contribution in [0.3, 0.4) is 0 Å². The Balaban J connectivity index is 0. The Labute approximate surface area is 100 Å². The summed E-state index contributed by atoms with van der Waals surface area (Å²) in [7, 11) is -1.37. The van der Waals surface area contributed by atoms with Gasteiger partial charge >= 0.3 is 10.4 Å². The first-order valence-electron chi connectivity index (χ1n) is 4.38. The smallest absolute Gasteiger partial charge is 0.355 e. The van der Waals surface area contributed by atoms with Gasteiger partial charge in [-0.25, -0.2) is 0 Å². The molecule has 0 atom stereocenters. The zero-order valence-electron chi connectivity index (χ0n) is 9.33. The lowest BCUT2D eigenvalue weighted by Gasteiger charge is -2.11. The largest absolute Gasteiger partial charge is 0.394 e. The van der Waals surface area contributed by atoms with Crippen molar-refractivity contribution in [3.8, 4) is 0 Å². The van der Waals surface area contributed by atoms with E-state index in [9.17, 15) is 0 Å². The Morgan fingerprint density at radius 1 is 1.31 bits per heavy atom. The highest BCUT2D eigenvalue weighted by molar-refractivity contribution is 7.99. The van der Waals surface area contributed by atoms with Crippen molar-refractivity contribution in [1.29, 1.82) is 0 Å². The molecule has 0 rings (SSSR count). The van der Waals surface area contributed by atoms with E-state index < -0.39 is 10.4 Å². The van der Waals surface area contributed by atoms with Gasteiger partial charge in [-0.2, -0.15) is 20.2 Å². The molecular formula is C7H19NO6S2. The fraction of sp³-hybridized carbons (Fsp3) is 1.00. The van der Waals surface area contributed by atoms with Crippen LogP contribution in [0.4, 0.5) is 0 Å². The van der Waals surface area contributed by atoms with Crippen molar-refractivity contribution in [2.24, 2.45) is 5.73 Å². The maximum absolute atomic E-state index is 8.74. The van der Waals surface area contributed by atoms with E-state index in [0.29, 0.717) is 0 Å². The summed E-state index contributed by atoms with van der Waals surface area (Å²) in [5.74, 6) is 1.97. The second-order valence-electron chi connectivity index (χ2n) is 2.57. The van der Waals surface area contributed by atoms with Crippen LogP contribution in [0.5, 0.6) is 0 Å². The van der Waals surface area contributed by atoms with Gasteiger partial charge < -0.3 is 15.2 Å². The van der Waals surface area contributed by atoms with Crippen LogP contribution >= 0.6 is 11.8 Å². The van der Waals surface area contributed by atoms with Gasteiger partial charge in [0.2, 0.25) is 0 Å². The quantitative estimate of drug-likeness (QED) is 0.339. The Morgan fingerprint density at radius 2 is 1.75 bits per heavy atom. The van der Waals surface area contributed by atoms with Gasteiger partial charge in [-0.3, -0.25) is 9.11 Å². The number of nitrogens with two attached hydrogens (primary N) is 1. The third kappa shape index (κ3) is 23.7. The molecule has 16 heavy (non-hydrogen) atoms. The first-order chi connectivity index (χ1) is 7.35. The molecule has 0 bridgehead atoms. The summed E-state index contributed by atoms with van der Waals surface area (Å²) in [6.45, 7) is 0.762. The second-order valence-corrected chi connectivity index (χ2v) is 4.61. The molecular weight excluding hydrogens is 258 g/mol. The van der Waals surface area contributed by atoms with Gasteiger partial charge in [0, 0.05) is 20.0 Å². The van der Waals surface area contributed by atoms with Crippen LogP contribution in [0.2, 0.25) is 0 Å². The van der Waals surface area contributed by atoms with Crippen molar-refractivity contribution in [2.45, 2.75) is 12.7 Å². The number of thioether (sulfide) groups is 1. The molecule has 0 aliphatic heterocycles. The fourth-order valence-corrected chi connectivity index (χ4v) is 1.60. The van der Waals surface area contributed by atoms with Crippen LogP contribution in [0.1, 0.15) is 6.42 Å². The van der Waals surface area contributed by atoms with Gasteiger partial charge in [-0.15, -0.1) is 0 Å². The topological polar surface area (TPSA) is 119 Å². The molecule has 0 saturated carbocycles. The molecule has 0 spiro atoms. The van der Waals surface area contributed by atoms with Crippen molar-refractivity contribution in [1.82, 2.24) is 0 Å². The number of methoxy groups -OCH3 is 2. The van der Waals surface area contributed by atoms with Crippen LogP contribution in [0.15, 0.2) is 0 Å². The van der Waals surface area contributed by atoms with E-state index in [1.54, 1.807) is 26.0 Å². The summed E-state index contributed by atoms with van der Waals surface area (Å²) < 4.78 is 41.6. The molecule has 0 unspecified atom stereocenters. The van der Waals surface area contributed by atoms with E-state index in [4.69, 9.17) is 32.7 Å². The lowest BCUT2D eigenvalue weighted by molar-refractivity contribution is -0.0842. The molecule has 0 aromatic rings. The summed E-state index contributed by atoms with van der Waals surface area (Å²) in [6, 6.07) is 0. The van der Waals surface area contributed by atoms with Gasteiger partial charge in [-0.05, 0) is 18.7 Å². The number of hydrogen-bond donors (Lipinski definition) is 3. The number of ether oxygens (including phenoxy) is 2. The Bertz CT molecular complexity index is 221. The van der Waals surface area contributed by atoms with E-state index in [1.165, 1.54) is 0 Å². The van der Waals surface area contributed by atoms with E-state index >= 15 is 0 Å². The molecule has 100 valence electrons. The molecule has 0 aromatic heterocycles. The third-order valence-electron chi connectivity index (χ3n) is 1.27. The number of hydrogen-bond acceptors (Lipinski definition) is 6. The molecule has 0 heterocycles. The Kier molecular flexibility index (Phi) is 13.4. The lowest BCUT2D eigenvalue weighted by Crippen LogP contribution is -2.16. The summed E-state index contributed by atoms with van der Waals surface area (Å²) in [5.41, 5.74) is 5.33. The minimum absolute atomic E-state index is 0.0715. The van der Waals surface area contributed by atoms with Gasteiger partial charge in [-0.1, -0.05) is 0 Å². The van der Waals surface area contributed by atoms with Crippen LogP contribution in [0.25, 0.3) is 0 Å². The maximum Gasteiger partial charge on any atom is 0.394 e.